The molecule has 0 atom stereocenters. The van der Waals surface area contributed by atoms with Crippen molar-refractivity contribution in [3.8, 4) is 0 Å². The minimum Gasteiger partial charge on any atom is -0.464 e. The molecule has 2 amide bonds. The van der Waals surface area contributed by atoms with Crippen molar-refractivity contribution in [3.05, 3.63) is 0 Å². The molecule has 0 aromatic rings. The molecule has 1 heterocycles. The highest BCUT2D eigenvalue weighted by Crippen LogP contribution is 2.09. The molecule has 0 saturated carbocycles. The van der Waals surface area contributed by atoms with E-state index in [0.29, 0.717) is 17.7 Å². The topological polar surface area (TPSA) is 97.3 Å². The average Bonchev–Trinajstić information content (AvgIpc) is 2.51. The average molecular weight is 358 g/mol. The predicted molar refractivity (Wildman–Crippen MR) is 93.1 cm³/mol. The van der Waals surface area contributed by atoms with E-state index in [9.17, 15) is 14.4 Å². The molecule has 1 aliphatic heterocycles. The van der Waals surface area contributed by atoms with Crippen molar-refractivity contribution in [2.75, 3.05) is 20.1 Å². The fraction of sp³-hybridized carbons (Fsp3) is 0.765. The van der Waals surface area contributed by atoms with Gasteiger partial charge in [0.2, 0.25) is 11.9 Å². The number of esters is 1. The number of carbonyl (C=O) groups excluding carboxylic acids is 3. The van der Waals surface area contributed by atoms with Crippen LogP contribution in [-0.4, -0.2) is 54.6 Å². The van der Waals surface area contributed by atoms with Gasteiger partial charge >= 0.3 is 12.1 Å². The smallest absolute Gasteiger partial charge is 0.437 e. The first-order chi connectivity index (χ1) is 12.9. The van der Waals surface area contributed by atoms with Crippen LogP contribution in [0.4, 0.5) is 4.79 Å². The lowest BCUT2D eigenvalue weighted by atomic mass is 10.1. The molecule has 8 nitrogen and oxygen atoms in total. The molecule has 142 valence electrons. The number of amides is 2. The Bertz CT molecular complexity index is 600. The zero-order valence-corrected chi connectivity index (χ0v) is 15.1. The van der Waals surface area contributed by atoms with Crippen LogP contribution in [0.1, 0.15) is 63.4 Å². The van der Waals surface area contributed by atoms with Gasteiger partial charge in [-0.15, -0.1) is 4.99 Å². The van der Waals surface area contributed by atoms with Gasteiger partial charge in [0.25, 0.3) is 0 Å². The number of cyclic esters (lactones) is 1. The second kappa shape index (κ2) is 10.0. The number of nitrogens with one attached hydrogen (secondary N) is 1. The molecule has 0 aromatic carbocycles. The normalized spacial score (nSPS) is 22.8. The van der Waals surface area contributed by atoms with Crippen LogP contribution in [0.15, 0.2) is 4.99 Å². The Morgan fingerprint density at radius 2 is 1.92 bits per heavy atom. The van der Waals surface area contributed by atoms with Crippen LogP contribution in [-0.2, 0) is 19.1 Å². The van der Waals surface area contributed by atoms with Crippen molar-refractivity contribution >= 4 is 23.9 Å². The number of aliphatic imine (C=N–C) groups is 1. The van der Waals surface area contributed by atoms with Crippen molar-refractivity contribution in [2.45, 2.75) is 64.9 Å². The second-order valence-corrected chi connectivity index (χ2v) is 6.79. The third-order valence-corrected chi connectivity index (χ3v) is 3.20. The summed E-state index contributed by atoms with van der Waals surface area (Å²) in [6, 6.07) is 0. The van der Waals surface area contributed by atoms with E-state index in [1.807, 2.05) is 0 Å². The first kappa shape index (κ1) is 16.4. The van der Waals surface area contributed by atoms with Crippen molar-refractivity contribution in [3.63, 3.8) is 0 Å². The number of nitrogens with zero attached hydrogens (tertiary/aromatic N) is 2. The molecular weight excluding hydrogens is 326 g/mol. The summed E-state index contributed by atoms with van der Waals surface area (Å²) in [5.41, 5.74) is -0.865. The summed E-state index contributed by atoms with van der Waals surface area (Å²) in [6.07, 6.45) is 2.89. The number of carbonyl (C=O) groups is 3. The van der Waals surface area contributed by atoms with Crippen molar-refractivity contribution in [1.82, 2.24) is 10.2 Å². The van der Waals surface area contributed by atoms with Crippen LogP contribution in [0.3, 0.4) is 0 Å². The van der Waals surface area contributed by atoms with E-state index < -0.39 is 43.1 Å². The number of hydrogen-bond donors (Lipinski definition) is 1. The Morgan fingerprint density at radius 1 is 1.24 bits per heavy atom. The summed E-state index contributed by atoms with van der Waals surface area (Å²) in [4.78, 5) is 40.5. The van der Waals surface area contributed by atoms with Crippen molar-refractivity contribution in [1.29, 1.82) is 0 Å². The highest BCUT2D eigenvalue weighted by atomic mass is 16.6. The molecule has 0 aliphatic carbocycles. The summed E-state index contributed by atoms with van der Waals surface area (Å²) >= 11 is 0. The van der Waals surface area contributed by atoms with Crippen LogP contribution < -0.4 is 5.32 Å². The molecule has 1 aliphatic rings. The van der Waals surface area contributed by atoms with E-state index in [0.717, 1.165) is 19.3 Å². The maximum Gasteiger partial charge on any atom is 0.437 e. The fourth-order valence-corrected chi connectivity index (χ4v) is 2.07. The number of ether oxygens (including phenoxy) is 2. The first-order valence-electron chi connectivity index (χ1n) is 9.93. The molecule has 1 N–H and O–H groups in total. The van der Waals surface area contributed by atoms with Crippen LogP contribution in [0.5, 0.6) is 0 Å². The number of rotatable bonds is 0. The Hall–Kier alpha value is -2.12. The SMILES string of the molecule is [2H]C([2H])([2H])N1CC(=O)OCCCCCCCC(=O)N/C1=N/C(=O)OC(C)(C)C. The first-order valence-corrected chi connectivity index (χ1v) is 8.43. The monoisotopic (exact) mass is 358 g/mol. The van der Waals surface area contributed by atoms with Crippen LogP contribution in [0.25, 0.3) is 0 Å². The fourth-order valence-electron chi connectivity index (χ4n) is 2.07. The molecular formula is C17H29N3O5. The molecule has 1 saturated heterocycles. The molecule has 0 bridgehead atoms. The lowest BCUT2D eigenvalue weighted by molar-refractivity contribution is -0.144. The van der Waals surface area contributed by atoms with Crippen LogP contribution in [0.2, 0.25) is 0 Å². The summed E-state index contributed by atoms with van der Waals surface area (Å²) in [7, 11) is 0. The molecule has 1 fully saturated rings. The quantitative estimate of drug-likeness (QED) is 0.667. The van der Waals surface area contributed by atoms with Crippen LogP contribution >= 0.6 is 0 Å². The molecule has 0 unspecified atom stereocenters. The molecule has 8 heteroatoms. The Labute approximate surface area is 153 Å². The summed E-state index contributed by atoms with van der Waals surface area (Å²) in [5, 5.41) is 2.33. The lowest BCUT2D eigenvalue weighted by Crippen LogP contribution is -2.45. The molecule has 25 heavy (non-hydrogen) atoms. The van der Waals surface area contributed by atoms with E-state index in [4.69, 9.17) is 13.6 Å². The van der Waals surface area contributed by atoms with Gasteiger partial charge in [0.15, 0.2) is 0 Å². The number of hydrogen-bond acceptors (Lipinski definition) is 5. The van der Waals surface area contributed by atoms with E-state index in [2.05, 4.69) is 10.3 Å². The van der Waals surface area contributed by atoms with E-state index in [-0.39, 0.29) is 13.0 Å². The minimum absolute atomic E-state index is 0.145. The van der Waals surface area contributed by atoms with Gasteiger partial charge in [-0.1, -0.05) is 19.3 Å². The Morgan fingerprint density at radius 3 is 2.60 bits per heavy atom. The highest BCUT2D eigenvalue weighted by Gasteiger charge is 2.20. The van der Waals surface area contributed by atoms with E-state index in [1.54, 1.807) is 20.8 Å². The largest absolute Gasteiger partial charge is 0.464 e. The zero-order chi connectivity index (χ0) is 21.4. The summed E-state index contributed by atoms with van der Waals surface area (Å²) < 4.78 is 33.2. The number of likely N-dealkylation sites (N-methyl/N-ethyl adjacent to an activating group) is 1. The summed E-state index contributed by atoms with van der Waals surface area (Å²) in [5.74, 6) is -1.85. The van der Waals surface area contributed by atoms with Gasteiger partial charge in [0.1, 0.15) is 12.1 Å². The second-order valence-electron chi connectivity index (χ2n) is 6.79. The Balaban J connectivity index is 3.17. The number of guanidine groups is 1. The van der Waals surface area contributed by atoms with Gasteiger partial charge in [0.05, 0.1) is 6.61 Å². The highest BCUT2D eigenvalue weighted by molar-refractivity contribution is 6.01. The maximum atomic E-state index is 12.2. The van der Waals surface area contributed by atoms with Crippen LogP contribution in [0, 0.1) is 0 Å². The van der Waals surface area contributed by atoms with Gasteiger partial charge in [-0.3, -0.25) is 14.9 Å². The van der Waals surface area contributed by atoms with E-state index in [1.165, 1.54) is 0 Å². The standard InChI is InChI=1S/C17H29N3O5/c1-17(2,3)25-16(23)19-15-18-13(21)10-8-6-5-7-9-11-24-14(22)12-20(15)4/h5-12H2,1-4H3,(H,18,19,21,23)/i4D3. The predicted octanol–water partition coefficient (Wildman–Crippen LogP) is 2.22. The molecule has 1 rings (SSSR count). The van der Waals surface area contributed by atoms with Gasteiger partial charge in [-0.25, -0.2) is 4.79 Å². The minimum atomic E-state index is -2.84. The third-order valence-electron chi connectivity index (χ3n) is 3.20. The Kier molecular flexibility index (Phi) is 6.54. The van der Waals surface area contributed by atoms with Gasteiger partial charge in [-0.2, -0.15) is 0 Å². The van der Waals surface area contributed by atoms with Crippen molar-refractivity contribution in [2.24, 2.45) is 4.99 Å². The molecule has 0 aromatic heterocycles. The van der Waals surface area contributed by atoms with E-state index >= 15 is 0 Å². The van der Waals surface area contributed by atoms with Gasteiger partial charge < -0.3 is 14.4 Å². The van der Waals surface area contributed by atoms with Gasteiger partial charge in [-0.05, 0) is 33.6 Å². The summed E-state index contributed by atoms with van der Waals surface area (Å²) in [6.45, 7) is 1.50. The maximum absolute atomic E-state index is 12.2. The van der Waals surface area contributed by atoms with Gasteiger partial charge in [0, 0.05) is 17.5 Å². The molecule has 0 spiro atoms. The molecule has 0 radical (unpaired) electrons. The third kappa shape index (κ3) is 9.69. The lowest BCUT2D eigenvalue weighted by Gasteiger charge is -2.22. The van der Waals surface area contributed by atoms with Crippen molar-refractivity contribution < 1.29 is 28.0 Å². The zero-order valence-electron chi connectivity index (χ0n) is 18.1.